The molecule has 0 bridgehead atoms. The van der Waals surface area contributed by atoms with Gasteiger partial charge in [-0.3, -0.25) is 4.79 Å². The zero-order valence-electron chi connectivity index (χ0n) is 7.39. The van der Waals surface area contributed by atoms with Crippen molar-refractivity contribution in [2.75, 3.05) is 0 Å². The number of ketones is 1. The van der Waals surface area contributed by atoms with E-state index in [1.807, 2.05) is 0 Å². The Kier molecular flexibility index (Phi) is 2.48. The highest BCUT2D eigenvalue weighted by Gasteiger charge is 2.25. The number of carbonyl (C=O) groups is 1. The van der Waals surface area contributed by atoms with Gasteiger partial charge in [0.05, 0.1) is 0 Å². The first-order chi connectivity index (χ1) is 5.11. The fraction of sp³-hybridized carbons (Fsp3) is 0.700. The molecule has 0 aromatic carbocycles. The van der Waals surface area contributed by atoms with Gasteiger partial charge in [0.15, 0.2) is 0 Å². The highest BCUT2D eigenvalue weighted by atomic mass is 16.1. The number of hydrogen-bond donors (Lipinski definition) is 0. The second-order valence-electron chi connectivity index (χ2n) is 3.71. The minimum Gasteiger partial charge on any atom is -0.300 e. The van der Waals surface area contributed by atoms with Gasteiger partial charge in [0.1, 0.15) is 5.78 Å². The molecule has 0 radical (unpaired) electrons. The lowest BCUT2D eigenvalue weighted by Crippen LogP contribution is -2.23. The summed E-state index contributed by atoms with van der Waals surface area (Å²) in [4.78, 5) is 11.0. The standard InChI is InChI=1S/C10H16O/c1-7(2)10-5-4-9(11)6-8(10)3/h8,10H,1,4-6H2,2-3H3. The van der Waals surface area contributed by atoms with Crippen LogP contribution in [0, 0.1) is 11.8 Å². The quantitative estimate of drug-likeness (QED) is 0.528. The Hall–Kier alpha value is -0.590. The first-order valence-electron chi connectivity index (χ1n) is 4.28. The van der Waals surface area contributed by atoms with Crippen molar-refractivity contribution in [2.24, 2.45) is 11.8 Å². The van der Waals surface area contributed by atoms with E-state index in [9.17, 15) is 4.79 Å². The van der Waals surface area contributed by atoms with Crippen LogP contribution < -0.4 is 0 Å². The first-order valence-corrected chi connectivity index (χ1v) is 4.28. The fourth-order valence-corrected chi connectivity index (χ4v) is 1.94. The molecule has 1 rings (SSSR count). The molecular weight excluding hydrogens is 136 g/mol. The number of allylic oxidation sites excluding steroid dienone is 1. The molecule has 2 atom stereocenters. The van der Waals surface area contributed by atoms with Gasteiger partial charge in [-0.05, 0) is 25.2 Å². The lowest BCUT2D eigenvalue weighted by molar-refractivity contribution is -0.122. The number of hydrogen-bond acceptors (Lipinski definition) is 1. The highest BCUT2D eigenvalue weighted by Crippen LogP contribution is 2.31. The van der Waals surface area contributed by atoms with Gasteiger partial charge in [0.25, 0.3) is 0 Å². The van der Waals surface area contributed by atoms with E-state index in [1.165, 1.54) is 5.57 Å². The Balaban J connectivity index is 2.57. The van der Waals surface area contributed by atoms with Gasteiger partial charge in [0, 0.05) is 12.8 Å². The zero-order chi connectivity index (χ0) is 8.43. The molecular formula is C10H16O. The summed E-state index contributed by atoms with van der Waals surface area (Å²) in [6.07, 6.45) is 2.55. The lowest BCUT2D eigenvalue weighted by atomic mass is 9.76. The molecule has 0 spiro atoms. The largest absolute Gasteiger partial charge is 0.300 e. The third-order valence-electron chi connectivity index (χ3n) is 2.60. The SMILES string of the molecule is C=C(C)C1CCC(=O)CC1C. The van der Waals surface area contributed by atoms with Crippen molar-refractivity contribution < 1.29 is 4.79 Å². The van der Waals surface area contributed by atoms with Crippen LogP contribution in [-0.4, -0.2) is 5.78 Å². The van der Waals surface area contributed by atoms with E-state index in [2.05, 4.69) is 20.4 Å². The highest BCUT2D eigenvalue weighted by molar-refractivity contribution is 5.79. The maximum atomic E-state index is 11.0. The zero-order valence-corrected chi connectivity index (χ0v) is 7.39. The van der Waals surface area contributed by atoms with Crippen molar-refractivity contribution >= 4 is 5.78 Å². The molecule has 0 aliphatic heterocycles. The Morgan fingerprint density at radius 1 is 1.64 bits per heavy atom. The molecule has 62 valence electrons. The molecule has 1 fully saturated rings. The molecule has 1 aliphatic rings. The maximum absolute atomic E-state index is 11.0. The molecule has 1 saturated carbocycles. The van der Waals surface area contributed by atoms with Crippen molar-refractivity contribution in [1.82, 2.24) is 0 Å². The third-order valence-corrected chi connectivity index (χ3v) is 2.60. The number of rotatable bonds is 1. The van der Waals surface area contributed by atoms with E-state index in [0.29, 0.717) is 17.6 Å². The molecule has 1 aliphatic carbocycles. The molecule has 0 N–H and O–H groups in total. The Labute approximate surface area is 68.5 Å². The van der Waals surface area contributed by atoms with Gasteiger partial charge in [0.2, 0.25) is 0 Å². The van der Waals surface area contributed by atoms with Crippen LogP contribution in [0.15, 0.2) is 12.2 Å². The molecule has 11 heavy (non-hydrogen) atoms. The lowest BCUT2D eigenvalue weighted by Gasteiger charge is -2.28. The second-order valence-corrected chi connectivity index (χ2v) is 3.71. The van der Waals surface area contributed by atoms with Crippen molar-refractivity contribution in [2.45, 2.75) is 33.1 Å². The van der Waals surface area contributed by atoms with E-state index < -0.39 is 0 Å². The monoisotopic (exact) mass is 152 g/mol. The van der Waals surface area contributed by atoms with Crippen molar-refractivity contribution in [3.63, 3.8) is 0 Å². The minimum absolute atomic E-state index is 0.426. The van der Waals surface area contributed by atoms with Crippen LogP contribution in [0.2, 0.25) is 0 Å². The Bertz CT molecular complexity index is 181. The topological polar surface area (TPSA) is 17.1 Å². The van der Waals surface area contributed by atoms with Crippen LogP contribution >= 0.6 is 0 Å². The summed E-state index contributed by atoms with van der Waals surface area (Å²) in [5.74, 6) is 1.54. The van der Waals surface area contributed by atoms with Crippen LogP contribution in [0.4, 0.5) is 0 Å². The smallest absolute Gasteiger partial charge is 0.133 e. The molecule has 0 heterocycles. The average molecular weight is 152 g/mol. The van der Waals surface area contributed by atoms with Crippen LogP contribution in [-0.2, 0) is 4.79 Å². The minimum atomic E-state index is 0.426. The molecule has 0 amide bonds. The molecule has 0 aromatic heterocycles. The van der Waals surface area contributed by atoms with Crippen molar-refractivity contribution in [1.29, 1.82) is 0 Å². The van der Waals surface area contributed by atoms with Crippen LogP contribution in [0.5, 0.6) is 0 Å². The molecule has 1 heteroatoms. The summed E-state index contributed by atoms with van der Waals surface area (Å²) < 4.78 is 0. The van der Waals surface area contributed by atoms with E-state index in [0.717, 1.165) is 19.3 Å². The van der Waals surface area contributed by atoms with Crippen molar-refractivity contribution in [3.05, 3.63) is 12.2 Å². The molecule has 1 nitrogen and oxygen atoms in total. The fourth-order valence-electron chi connectivity index (χ4n) is 1.94. The predicted molar refractivity (Wildman–Crippen MR) is 46.3 cm³/mol. The van der Waals surface area contributed by atoms with Gasteiger partial charge in [-0.2, -0.15) is 0 Å². The van der Waals surface area contributed by atoms with Gasteiger partial charge < -0.3 is 0 Å². The predicted octanol–water partition coefficient (Wildman–Crippen LogP) is 2.57. The Morgan fingerprint density at radius 3 is 2.73 bits per heavy atom. The molecule has 2 unspecified atom stereocenters. The summed E-state index contributed by atoms with van der Waals surface area (Å²) in [5, 5.41) is 0. The van der Waals surface area contributed by atoms with E-state index >= 15 is 0 Å². The maximum Gasteiger partial charge on any atom is 0.133 e. The summed E-state index contributed by atoms with van der Waals surface area (Å²) in [7, 11) is 0. The van der Waals surface area contributed by atoms with Crippen molar-refractivity contribution in [3.8, 4) is 0 Å². The summed E-state index contributed by atoms with van der Waals surface area (Å²) in [6, 6.07) is 0. The normalized spacial score (nSPS) is 32.0. The van der Waals surface area contributed by atoms with Crippen LogP contribution in [0.25, 0.3) is 0 Å². The van der Waals surface area contributed by atoms with Crippen LogP contribution in [0.1, 0.15) is 33.1 Å². The molecule has 0 saturated heterocycles. The summed E-state index contributed by atoms with van der Waals surface area (Å²) in [6.45, 7) is 8.16. The second kappa shape index (κ2) is 3.21. The summed E-state index contributed by atoms with van der Waals surface area (Å²) in [5.41, 5.74) is 1.24. The average Bonchev–Trinajstić information content (AvgIpc) is 1.85. The van der Waals surface area contributed by atoms with E-state index in [1.54, 1.807) is 0 Å². The Morgan fingerprint density at radius 2 is 2.27 bits per heavy atom. The van der Waals surface area contributed by atoms with Crippen LogP contribution in [0.3, 0.4) is 0 Å². The van der Waals surface area contributed by atoms with E-state index in [4.69, 9.17) is 0 Å². The summed E-state index contributed by atoms with van der Waals surface area (Å²) >= 11 is 0. The van der Waals surface area contributed by atoms with Gasteiger partial charge in [-0.15, -0.1) is 0 Å². The van der Waals surface area contributed by atoms with E-state index in [-0.39, 0.29) is 0 Å². The van der Waals surface area contributed by atoms with Gasteiger partial charge in [-0.1, -0.05) is 19.1 Å². The van der Waals surface area contributed by atoms with Gasteiger partial charge >= 0.3 is 0 Å². The molecule has 0 aromatic rings. The number of carbonyl (C=O) groups excluding carboxylic acids is 1. The van der Waals surface area contributed by atoms with Gasteiger partial charge in [-0.25, -0.2) is 0 Å². The first kappa shape index (κ1) is 8.51. The number of Topliss-reactive ketones (excluding diaryl/α,β-unsaturated/α-hetero) is 1. The third kappa shape index (κ3) is 1.92.